The van der Waals surface area contributed by atoms with E-state index in [9.17, 15) is 4.79 Å². The Hall–Kier alpha value is -0.710. The molecular weight excluding hydrogens is 294 g/mol. The molecule has 0 aliphatic carbocycles. The van der Waals surface area contributed by atoms with Gasteiger partial charge in [-0.2, -0.15) is 0 Å². The highest BCUT2D eigenvalue weighted by atomic mass is 35.5. The molecule has 0 spiro atoms. The molecule has 1 aliphatic rings. The SMILES string of the molecule is CC1CN(C(=O)CSCc2ccc(Cl)cc2)C(C)CO1. The van der Waals surface area contributed by atoms with Crippen LogP contribution in [0.5, 0.6) is 0 Å². The Morgan fingerprint density at radius 1 is 1.40 bits per heavy atom. The second-order valence-electron chi connectivity index (χ2n) is 5.16. The van der Waals surface area contributed by atoms with E-state index in [2.05, 4.69) is 0 Å². The normalized spacial score (nSPS) is 22.9. The van der Waals surface area contributed by atoms with E-state index in [0.717, 1.165) is 10.8 Å². The minimum atomic E-state index is 0.136. The fourth-order valence-electron chi connectivity index (χ4n) is 2.17. The first kappa shape index (κ1) is 15.7. The number of carbonyl (C=O) groups excluding carboxylic acids is 1. The first-order chi connectivity index (χ1) is 9.56. The van der Waals surface area contributed by atoms with Gasteiger partial charge in [0.2, 0.25) is 5.91 Å². The molecule has 1 saturated heterocycles. The summed E-state index contributed by atoms with van der Waals surface area (Å²) in [6.07, 6.45) is 0.136. The molecule has 0 bridgehead atoms. The van der Waals surface area contributed by atoms with Crippen molar-refractivity contribution in [2.75, 3.05) is 18.9 Å². The summed E-state index contributed by atoms with van der Waals surface area (Å²) in [5.74, 6) is 1.54. The number of nitrogens with zero attached hydrogens (tertiary/aromatic N) is 1. The van der Waals surface area contributed by atoms with Crippen molar-refractivity contribution in [3.05, 3.63) is 34.9 Å². The molecule has 1 aromatic rings. The van der Waals surface area contributed by atoms with Crippen LogP contribution in [-0.2, 0) is 15.3 Å². The maximum atomic E-state index is 12.2. The molecule has 5 heteroatoms. The van der Waals surface area contributed by atoms with Gasteiger partial charge in [0.15, 0.2) is 0 Å². The molecule has 1 aromatic carbocycles. The number of ether oxygens (including phenoxy) is 1. The molecule has 1 fully saturated rings. The van der Waals surface area contributed by atoms with Gasteiger partial charge in [0, 0.05) is 17.3 Å². The standard InChI is InChI=1S/C15H20ClNO2S/c1-11-8-19-12(2)7-17(11)15(18)10-20-9-13-3-5-14(16)6-4-13/h3-6,11-12H,7-10H2,1-2H3. The van der Waals surface area contributed by atoms with E-state index in [1.807, 2.05) is 43.0 Å². The van der Waals surface area contributed by atoms with Crippen LogP contribution in [0.15, 0.2) is 24.3 Å². The maximum absolute atomic E-state index is 12.2. The summed E-state index contributed by atoms with van der Waals surface area (Å²) in [6.45, 7) is 5.37. The Labute approximate surface area is 129 Å². The average Bonchev–Trinajstić information content (AvgIpc) is 2.43. The van der Waals surface area contributed by atoms with Crippen molar-refractivity contribution in [2.45, 2.75) is 31.7 Å². The van der Waals surface area contributed by atoms with E-state index in [1.54, 1.807) is 11.8 Å². The summed E-state index contributed by atoms with van der Waals surface area (Å²) in [5, 5.41) is 0.742. The van der Waals surface area contributed by atoms with Crippen LogP contribution in [0.3, 0.4) is 0 Å². The zero-order valence-corrected chi connectivity index (χ0v) is 13.4. The fourth-order valence-corrected chi connectivity index (χ4v) is 3.17. The Morgan fingerprint density at radius 3 is 2.80 bits per heavy atom. The van der Waals surface area contributed by atoms with Gasteiger partial charge in [0.25, 0.3) is 0 Å². The molecular formula is C15H20ClNO2S. The monoisotopic (exact) mass is 313 g/mol. The molecule has 2 atom stereocenters. The van der Waals surface area contributed by atoms with Crippen LogP contribution in [-0.4, -0.2) is 41.9 Å². The Bertz CT molecular complexity index is 452. The lowest BCUT2D eigenvalue weighted by atomic mass is 10.2. The lowest BCUT2D eigenvalue weighted by molar-refractivity contribution is -0.140. The fraction of sp³-hybridized carbons (Fsp3) is 0.533. The predicted octanol–water partition coefficient (Wildman–Crippen LogP) is 3.21. The van der Waals surface area contributed by atoms with Gasteiger partial charge in [0.1, 0.15) is 0 Å². The maximum Gasteiger partial charge on any atom is 0.232 e. The van der Waals surface area contributed by atoms with E-state index in [4.69, 9.17) is 16.3 Å². The van der Waals surface area contributed by atoms with E-state index in [1.165, 1.54) is 5.56 Å². The van der Waals surface area contributed by atoms with Gasteiger partial charge < -0.3 is 9.64 Å². The summed E-state index contributed by atoms with van der Waals surface area (Å²) in [6, 6.07) is 7.93. The lowest BCUT2D eigenvalue weighted by Crippen LogP contribution is -2.50. The second-order valence-corrected chi connectivity index (χ2v) is 6.58. The Balaban J connectivity index is 1.78. The first-order valence-corrected chi connectivity index (χ1v) is 8.33. The number of hydrogen-bond donors (Lipinski definition) is 0. The number of hydrogen-bond acceptors (Lipinski definition) is 3. The molecule has 2 unspecified atom stereocenters. The van der Waals surface area contributed by atoms with E-state index in [-0.39, 0.29) is 18.1 Å². The molecule has 1 aliphatic heterocycles. The summed E-state index contributed by atoms with van der Waals surface area (Å²) >= 11 is 7.49. The van der Waals surface area contributed by atoms with Crippen molar-refractivity contribution >= 4 is 29.3 Å². The van der Waals surface area contributed by atoms with Crippen LogP contribution in [0.1, 0.15) is 19.4 Å². The van der Waals surface area contributed by atoms with Crippen LogP contribution in [0.4, 0.5) is 0 Å². The van der Waals surface area contributed by atoms with Gasteiger partial charge in [0.05, 0.1) is 24.5 Å². The number of thioether (sulfide) groups is 1. The summed E-state index contributed by atoms with van der Waals surface area (Å²) in [7, 11) is 0. The minimum absolute atomic E-state index is 0.136. The van der Waals surface area contributed by atoms with Crippen molar-refractivity contribution in [1.82, 2.24) is 4.90 Å². The Morgan fingerprint density at radius 2 is 2.10 bits per heavy atom. The molecule has 2 rings (SSSR count). The van der Waals surface area contributed by atoms with Crippen molar-refractivity contribution < 1.29 is 9.53 Å². The van der Waals surface area contributed by atoms with E-state index < -0.39 is 0 Å². The van der Waals surface area contributed by atoms with Gasteiger partial charge in [-0.25, -0.2) is 0 Å². The van der Waals surface area contributed by atoms with Crippen molar-refractivity contribution in [3.63, 3.8) is 0 Å². The third-order valence-corrected chi connectivity index (χ3v) is 4.58. The minimum Gasteiger partial charge on any atom is -0.375 e. The van der Waals surface area contributed by atoms with Crippen LogP contribution in [0, 0.1) is 0 Å². The predicted molar refractivity (Wildman–Crippen MR) is 84.2 cm³/mol. The summed E-state index contributed by atoms with van der Waals surface area (Å²) in [4.78, 5) is 14.2. The highest BCUT2D eigenvalue weighted by molar-refractivity contribution is 7.99. The molecule has 0 aromatic heterocycles. The highest BCUT2D eigenvalue weighted by Crippen LogP contribution is 2.18. The highest BCUT2D eigenvalue weighted by Gasteiger charge is 2.26. The molecule has 110 valence electrons. The van der Waals surface area contributed by atoms with Gasteiger partial charge in [-0.1, -0.05) is 23.7 Å². The zero-order valence-electron chi connectivity index (χ0n) is 11.8. The first-order valence-electron chi connectivity index (χ1n) is 6.79. The van der Waals surface area contributed by atoms with Gasteiger partial charge >= 0.3 is 0 Å². The average molecular weight is 314 g/mol. The van der Waals surface area contributed by atoms with Crippen molar-refractivity contribution in [1.29, 1.82) is 0 Å². The number of benzene rings is 1. The number of morpholine rings is 1. The molecule has 0 saturated carbocycles. The van der Waals surface area contributed by atoms with Crippen LogP contribution >= 0.6 is 23.4 Å². The number of carbonyl (C=O) groups is 1. The molecule has 1 amide bonds. The largest absolute Gasteiger partial charge is 0.375 e. The number of amides is 1. The molecule has 3 nitrogen and oxygen atoms in total. The molecule has 1 heterocycles. The molecule has 0 radical (unpaired) electrons. The summed E-state index contributed by atoms with van der Waals surface area (Å²) in [5.41, 5.74) is 1.19. The van der Waals surface area contributed by atoms with E-state index in [0.29, 0.717) is 18.9 Å². The smallest absolute Gasteiger partial charge is 0.232 e. The van der Waals surface area contributed by atoms with Crippen molar-refractivity contribution in [2.24, 2.45) is 0 Å². The summed E-state index contributed by atoms with van der Waals surface area (Å²) < 4.78 is 5.54. The Kier molecular flexibility index (Phi) is 5.75. The van der Waals surface area contributed by atoms with E-state index >= 15 is 0 Å². The van der Waals surface area contributed by atoms with Gasteiger partial charge in [-0.15, -0.1) is 11.8 Å². The number of halogens is 1. The van der Waals surface area contributed by atoms with Crippen molar-refractivity contribution in [3.8, 4) is 0 Å². The second kappa shape index (κ2) is 7.34. The van der Waals surface area contributed by atoms with Crippen LogP contribution in [0.2, 0.25) is 5.02 Å². The van der Waals surface area contributed by atoms with Crippen LogP contribution in [0.25, 0.3) is 0 Å². The third-order valence-electron chi connectivity index (χ3n) is 3.34. The lowest BCUT2D eigenvalue weighted by Gasteiger charge is -2.36. The van der Waals surface area contributed by atoms with Gasteiger partial charge in [-0.05, 0) is 31.5 Å². The molecule has 0 N–H and O–H groups in total. The van der Waals surface area contributed by atoms with Gasteiger partial charge in [-0.3, -0.25) is 4.79 Å². The molecule has 20 heavy (non-hydrogen) atoms. The third kappa shape index (κ3) is 4.40. The number of rotatable bonds is 4. The quantitative estimate of drug-likeness (QED) is 0.855. The van der Waals surface area contributed by atoms with Crippen LogP contribution < -0.4 is 0 Å². The topological polar surface area (TPSA) is 29.5 Å². The zero-order chi connectivity index (χ0) is 14.5.